The van der Waals surface area contributed by atoms with E-state index in [0.29, 0.717) is 18.7 Å². The third-order valence-corrected chi connectivity index (χ3v) is 4.67. The zero-order valence-electron chi connectivity index (χ0n) is 15.9. The molecule has 0 atom stereocenters. The molecule has 0 radical (unpaired) electrons. The lowest BCUT2D eigenvalue weighted by molar-refractivity contribution is -0.121. The van der Waals surface area contributed by atoms with Crippen molar-refractivity contribution in [3.8, 4) is 22.6 Å². The lowest BCUT2D eigenvalue weighted by atomic mass is 10.1. The molecule has 0 aliphatic heterocycles. The van der Waals surface area contributed by atoms with E-state index in [0.717, 1.165) is 35.4 Å². The van der Waals surface area contributed by atoms with E-state index in [1.54, 1.807) is 0 Å². The van der Waals surface area contributed by atoms with Crippen molar-refractivity contribution in [1.82, 2.24) is 10.3 Å². The summed E-state index contributed by atoms with van der Waals surface area (Å²) in [5.74, 6) is 1.38. The predicted molar refractivity (Wildman–Crippen MR) is 108 cm³/mol. The van der Waals surface area contributed by atoms with Gasteiger partial charge in [-0.05, 0) is 12.8 Å². The summed E-state index contributed by atoms with van der Waals surface area (Å²) in [6.45, 7) is 4.17. The van der Waals surface area contributed by atoms with Gasteiger partial charge in [-0.15, -0.1) is 0 Å². The Morgan fingerprint density at radius 2 is 1.56 bits per heavy atom. The zero-order valence-corrected chi connectivity index (χ0v) is 15.9. The van der Waals surface area contributed by atoms with Gasteiger partial charge >= 0.3 is 0 Å². The average Bonchev–Trinajstić information content (AvgIpc) is 3.16. The Morgan fingerprint density at radius 3 is 2.15 bits per heavy atom. The number of nitrogens with one attached hydrogen (secondary N) is 1. The van der Waals surface area contributed by atoms with E-state index in [1.165, 1.54) is 0 Å². The number of hydrogen-bond acceptors (Lipinski definition) is 3. The maximum absolute atomic E-state index is 12.2. The number of benzene rings is 2. The summed E-state index contributed by atoms with van der Waals surface area (Å²) in [5.41, 5.74) is 2.81. The van der Waals surface area contributed by atoms with Crippen LogP contribution in [0.25, 0.3) is 22.6 Å². The molecule has 0 saturated carbocycles. The molecule has 4 nitrogen and oxygen atoms in total. The van der Waals surface area contributed by atoms with Crippen molar-refractivity contribution in [2.24, 2.45) is 0 Å². The number of aryl methyl sites for hydroxylation is 1. The number of hydrogen-bond donors (Lipinski definition) is 1. The molecule has 0 aliphatic carbocycles. The molecule has 4 heteroatoms. The molecule has 3 rings (SSSR count). The van der Waals surface area contributed by atoms with Gasteiger partial charge in [0, 0.05) is 30.0 Å². The van der Waals surface area contributed by atoms with Gasteiger partial charge in [-0.25, -0.2) is 4.98 Å². The van der Waals surface area contributed by atoms with Crippen LogP contribution in [0.3, 0.4) is 0 Å². The fraction of sp³-hybridized carbons (Fsp3) is 0.304. The minimum Gasteiger partial charge on any atom is -0.440 e. The quantitative estimate of drug-likeness (QED) is 0.596. The minimum atomic E-state index is 0.0458. The van der Waals surface area contributed by atoms with Crippen LogP contribution in [0, 0.1) is 0 Å². The molecular weight excluding hydrogens is 336 g/mol. The molecule has 1 aromatic heterocycles. The SMILES string of the molecule is CCC(CC)NC(=O)CCc1nc(-c2ccccc2)c(-c2ccccc2)o1. The van der Waals surface area contributed by atoms with Gasteiger partial charge in [0.25, 0.3) is 0 Å². The lowest BCUT2D eigenvalue weighted by Crippen LogP contribution is -2.33. The highest BCUT2D eigenvalue weighted by molar-refractivity contribution is 5.78. The summed E-state index contributed by atoms with van der Waals surface area (Å²) in [5, 5.41) is 3.06. The Bertz CT molecular complexity index is 796. The second-order valence-corrected chi connectivity index (χ2v) is 6.60. The smallest absolute Gasteiger partial charge is 0.220 e. The molecule has 1 heterocycles. The van der Waals surface area contributed by atoms with E-state index < -0.39 is 0 Å². The van der Waals surface area contributed by atoms with E-state index >= 15 is 0 Å². The summed E-state index contributed by atoms with van der Waals surface area (Å²) >= 11 is 0. The average molecular weight is 362 g/mol. The van der Waals surface area contributed by atoms with Gasteiger partial charge in [0.05, 0.1) is 0 Å². The Kier molecular flexibility index (Phi) is 6.42. The van der Waals surface area contributed by atoms with Gasteiger partial charge in [0.1, 0.15) is 5.69 Å². The number of nitrogens with zero attached hydrogens (tertiary/aromatic N) is 1. The summed E-state index contributed by atoms with van der Waals surface area (Å²) in [6, 6.07) is 20.2. The Balaban J connectivity index is 1.81. The van der Waals surface area contributed by atoms with Crippen molar-refractivity contribution in [3.05, 3.63) is 66.6 Å². The second-order valence-electron chi connectivity index (χ2n) is 6.60. The molecule has 0 spiro atoms. The minimum absolute atomic E-state index is 0.0458. The summed E-state index contributed by atoms with van der Waals surface area (Å²) in [7, 11) is 0. The van der Waals surface area contributed by atoms with Gasteiger partial charge in [-0.3, -0.25) is 4.79 Å². The highest BCUT2D eigenvalue weighted by Crippen LogP contribution is 2.32. The van der Waals surface area contributed by atoms with Crippen LogP contribution in [0.5, 0.6) is 0 Å². The van der Waals surface area contributed by atoms with Crippen molar-refractivity contribution in [1.29, 1.82) is 0 Å². The molecule has 0 saturated heterocycles. The monoisotopic (exact) mass is 362 g/mol. The maximum Gasteiger partial charge on any atom is 0.220 e. The number of carbonyl (C=O) groups is 1. The van der Waals surface area contributed by atoms with Gasteiger partial charge in [-0.1, -0.05) is 74.5 Å². The first kappa shape index (κ1) is 18.9. The van der Waals surface area contributed by atoms with E-state index in [9.17, 15) is 4.79 Å². The van der Waals surface area contributed by atoms with E-state index in [2.05, 4.69) is 19.2 Å². The molecule has 140 valence electrons. The first-order valence-corrected chi connectivity index (χ1v) is 9.61. The van der Waals surface area contributed by atoms with E-state index in [-0.39, 0.29) is 11.9 Å². The summed E-state index contributed by atoms with van der Waals surface area (Å²) < 4.78 is 6.07. The third kappa shape index (κ3) is 4.85. The molecule has 0 aliphatic rings. The van der Waals surface area contributed by atoms with Crippen molar-refractivity contribution < 1.29 is 9.21 Å². The van der Waals surface area contributed by atoms with Crippen LogP contribution in [-0.2, 0) is 11.2 Å². The van der Waals surface area contributed by atoms with Crippen LogP contribution in [-0.4, -0.2) is 16.9 Å². The first-order chi connectivity index (χ1) is 13.2. The zero-order chi connectivity index (χ0) is 19.1. The fourth-order valence-electron chi connectivity index (χ4n) is 3.06. The van der Waals surface area contributed by atoms with Crippen LogP contribution in [0.1, 0.15) is 39.0 Å². The van der Waals surface area contributed by atoms with Crippen molar-refractivity contribution in [2.75, 3.05) is 0 Å². The van der Waals surface area contributed by atoms with Crippen LogP contribution in [0.2, 0.25) is 0 Å². The van der Waals surface area contributed by atoms with Crippen LogP contribution in [0.4, 0.5) is 0 Å². The molecule has 27 heavy (non-hydrogen) atoms. The molecule has 3 aromatic rings. The highest BCUT2D eigenvalue weighted by Gasteiger charge is 2.17. The molecule has 0 bridgehead atoms. The fourth-order valence-corrected chi connectivity index (χ4v) is 3.06. The molecule has 0 unspecified atom stereocenters. The van der Waals surface area contributed by atoms with Gasteiger partial charge in [-0.2, -0.15) is 0 Å². The highest BCUT2D eigenvalue weighted by atomic mass is 16.4. The van der Waals surface area contributed by atoms with E-state index in [4.69, 9.17) is 9.40 Å². The molecule has 1 N–H and O–H groups in total. The number of carbonyl (C=O) groups excluding carboxylic acids is 1. The van der Waals surface area contributed by atoms with Gasteiger partial charge in [0.2, 0.25) is 5.91 Å². The topological polar surface area (TPSA) is 55.1 Å². The predicted octanol–water partition coefficient (Wildman–Crippen LogP) is 5.25. The largest absolute Gasteiger partial charge is 0.440 e. The molecule has 1 amide bonds. The Hall–Kier alpha value is -2.88. The molecular formula is C23H26N2O2. The summed E-state index contributed by atoms with van der Waals surface area (Å²) in [4.78, 5) is 16.9. The van der Waals surface area contributed by atoms with Crippen LogP contribution in [0.15, 0.2) is 65.1 Å². The van der Waals surface area contributed by atoms with Gasteiger partial charge in [0.15, 0.2) is 11.7 Å². The van der Waals surface area contributed by atoms with Crippen molar-refractivity contribution in [2.45, 2.75) is 45.6 Å². The standard InChI is InChI=1S/C23H26N2O2/c1-3-19(4-2)24-20(26)15-16-21-25-22(17-11-7-5-8-12-17)23(27-21)18-13-9-6-10-14-18/h5-14,19H,3-4,15-16H2,1-2H3,(H,24,26). The molecule has 0 fully saturated rings. The van der Waals surface area contributed by atoms with Crippen molar-refractivity contribution >= 4 is 5.91 Å². The third-order valence-electron chi connectivity index (χ3n) is 4.67. The number of rotatable bonds is 8. The first-order valence-electron chi connectivity index (χ1n) is 9.61. The van der Waals surface area contributed by atoms with Crippen LogP contribution >= 0.6 is 0 Å². The number of aromatic nitrogens is 1. The molecule has 2 aromatic carbocycles. The number of amides is 1. The van der Waals surface area contributed by atoms with Crippen LogP contribution < -0.4 is 5.32 Å². The van der Waals surface area contributed by atoms with Gasteiger partial charge < -0.3 is 9.73 Å². The Morgan fingerprint density at radius 1 is 0.963 bits per heavy atom. The number of oxazole rings is 1. The lowest BCUT2D eigenvalue weighted by Gasteiger charge is -2.13. The normalized spacial score (nSPS) is 10.9. The maximum atomic E-state index is 12.2. The van der Waals surface area contributed by atoms with E-state index in [1.807, 2.05) is 60.7 Å². The summed E-state index contributed by atoms with van der Waals surface area (Å²) in [6.07, 6.45) is 2.74. The Labute approximate surface area is 160 Å². The second kappa shape index (κ2) is 9.17. The van der Waals surface area contributed by atoms with Crippen molar-refractivity contribution in [3.63, 3.8) is 0 Å².